The van der Waals surface area contributed by atoms with Crippen LogP contribution in [-0.2, 0) is 0 Å². The fourth-order valence-corrected chi connectivity index (χ4v) is 10.6. The highest BCUT2D eigenvalue weighted by atomic mass is 15.0. The topological polar surface area (TPSA) is 48.5 Å². The summed E-state index contributed by atoms with van der Waals surface area (Å²) in [6.07, 6.45) is 0. The van der Waals surface area contributed by atoms with Crippen LogP contribution in [0.1, 0.15) is 0 Å². The van der Waals surface area contributed by atoms with Crippen LogP contribution in [0.15, 0.2) is 249 Å². The third-order valence-electron chi connectivity index (χ3n) is 13.9. The van der Waals surface area contributed by atoms with Crippen molar-refractivity contribution in [2.75, 3.05) is 0 Å². The van der Waals surface area contributed by atoms with Crippen LogP contribution in [0.25, 0.3) is 133 Å². The average molecular weight is 892 g/mol. The van der Waals surface area contributed by atoms with E-state index in [2.05, 4.69) is 240 Å². The Hall–Kier alpha value is -9.45. The van der Waals surface area contributed by atoms with Gasteiger partial charge in [0.2, 0.25) is 0 Å². The lowest BCUT2D eigenvalue weighted by molar-refractivity contribution is 1.17. The van der Waals surface area contributed by atoms with Crippen LogP contribution in [0.2, 0.25) is 0 Å². The summed E-state index contributed by atoms with van der Waals surface area (Å²) in [7, 11) is 0. The maximum Gasteiger partial charge on any atom is 0.160 e. The predicted octanol–water partition coefficient (Wildman–Crippen LogP) is 16.7. The second-order valence-electron chi connectivity index (χ2n) is 18.0. The molecule has 0 N–H and O–H groups in total. The molecule has 14 rings (SSSR count). The van der Waals surface area contributed by atoms with Crippen LogP contribution >= 0.6 is 0 Å². The Morgan fingerprint density at radius 2 is 0.714 bits per heavy atom. The zero-order valence-electron chi connectivity index (χ0n) is 37.9. The van der Waals surface area contributed by atoms with E-state index in [1.807, 2.05) is 18.2 Å². The molecule has 5 nitrogen and oxygen atoms in total. The Balaban J connectivity index is 0.877. The minimum absolute atomic E-state index is 0.688. The average Bonchev–Trinajstić information content (AvgIpc) is 3.95. The largest absolute Gasteiger partial charge is 0.309 e. The van der Waals surface area contributed by atoms with Crippen molar-refractivity contribution >= 4 is 65.3 Å². The molecule has 0 amide bonds. The molecule has 0 radical (unpaired) electrons. The van der Waals surface area contributed by atoms with E-state index in [1.54, 1.807) is 0 Å². The van der Waals surface area contributed by atoms with E-state index >= 15 is 0 Å². The Morgan fingerprint density at radius 1 is 0.243 bits per heavy atom. The van der Waals surface area contributed by atoms with Gasteiger partial charge >= 0.3 is 0 Å². The van der Waals surface area contributed by atoms with E-state index < -0.39 is 0 Å². The molecule has 0 bridgehead atoms. The van der Waals surface area contributed by atoms with Crippen LogP contribution in [0, 0.1) is 0 Å². The zero-order valence-corrected chi connectivity index (χ0v) is 37.9. The van der Waals surface area contributed by atoms with E-state index in [9.17, 15) is 0 Å². The van der Waals surface area contributed by atoms with Gasteiger partial charge in [-0.3, -0.25) is 0 Å². The van der Waals surface area contributed by atoms with Gasteiger partial charge in [-0.1, -0.05) is 176 Å². The lowest BCUT2D eigenvalue weighted by Crippen LogP contribution is -1.97. The molecule has 70 heavy (non-hydrogen) atoms. The van der Waals surface area contributed by atoms with E-state index in [4.69, 9.17) is 15.0 Å². The molecule has 0 aliphatic rings. The minimum atomic E-state index is 0.688. The van der Waals surface area contributed by atoms with Crippen molar-refractivity contribution in [2.45, 2.75) is 0 Å². The van der Waals surface area contributed by atoms with Gasteiger partial charge in [0.15, 0.2) is 5.82 Å². The van der Waals surface area contributed by atoms with Gasteiger partial charge in [0, 0.05) is 65.9 Å². The Kier molecular flexibility index (Phi) is 9.14. The first-order valence-corrected chi connectivity index (χ1v) is 23.8. The number of para-hydroxylation sites is 4. The van der Waals surface area contributed by atoms with Crippen LogP contribution in [0.5, 0.6) is 0 Å². The van der Waals surface area contributed by atoms with Crippen molar-refractivity contribution in [3.05, 3.63) is 249 Å². The van der Waals surface area contributed by atoms with Gasteiger partial charge in [-0.05, 0) is 89.3 Å². The second kappa shape index (κ2) is 16.1. The monoisotopic (exact) mass is 891 g/mol. The number of rotatable bonds is 7. The summed E-state index contributed by atoms with van der Waals surface area (Å²) in [5, 5.41) is 8.32. The molecule has 14 aromatic rings. The van der Waals surface area contributed by atoms with E-state index in [1.165, 1.54) is 49.0 Å². The number of benzene rings is 10. The van der Waals surface area contributed by atoms with Gasteiger partial charge in [-0.2, -0.15) is 0 Å². The van der Waals surface area contributed by atoms with Crippen LogP contribution in [0.3, 0.4) is 0 Å². The molecule has 4 aromatic heterocycles. The maximum absolute atomic E-state index is 5.40. The van der Waals surface area contributed by atoms with Crippen molar-refractivity contribution in [3.63, 3.8) is 0 Å². The molecule has 0 saturated carbocycles. The van der Waals surface area contributed by atoms with Crippen molar-refractivity contribution < 1.29 is 0 Å². The van der Waals surface area contributed by atoms with Crippen molar-refractivity contribution in [1.29, 1.82) is 0 Å². The first-order valence-electron chi connectivity index (χ1n) is 23.8. The van der Waals surface area contributed by atoms with Crippen molar-refractivity contribution in [3.8, 4) is 67.7 Å². The summed E-state index contributed by atoms with van der Waals surface area (Å²) in [6, 6.07) is 88.5. The summed E-state index contributed by atoms with van der Waals surface area (Å²) in [5.74, 6) is 0.688. The predicted molar refractivity (Wildman–Crippen MR) is 291 cm³/mol. The number of aromatic nitrogens is 5. The van der Waals surface area contributed by atoms with Gasteiger partial charge in [0.1, 0.15) is 0 Å². The summed E-state index contributed by atoms with van der Waals surface area (Å²) < 4.78 is 4.74. The number of fused-ring (bicyclic) bond motifs is 9. The molecule has 0 unspecified atom stereocenters. The molecular formula is C65H41N5. The highest BCUT2D eigenvalue weighted by molar-refractivity contribution is 6.20. The SMILES string of the molecule is c1ccc(-c2nc(-c3ccc(-c4ccc5nc(-c6ccccc6)c6cc7c8ccccc8n(-c8ccccc8)c7cc6c5c4)cc3)cc(-c3ccc(-n4c5ccccc5c5ccccc54)cc3)n2)cc1. The Labute approximate surface area is 403 Å². The molecule has 326 valence electrons. The molecule has 5 heteroatoms. The van der Waals surface area contributed by atoms with Crippen LogP contribution in [0.4, 0.5) is 0 Å². The first-order chi connectivity index (χ1) is 34.7. The summed E-state index contributed by atoms with van der Waals surface area (Å²) in [5.41, 5.74) is 17.0. The third-order valence-corrected chi connectivity index (χ3v) is 13.9. The standard InChI is InChI=1S/C65H41N5/c1-4-16-45(17-5-1)64-56-39-55-52-24-12-15-27-62(52)70(48-20-8-3-9-21-48)63(55)40-53(56)54-38-47(34-37-57(54)66-64)42-28-30-43(31-29-42)58-41-59(68-65(67-58)46-18-6-2-7-19-46)44-32-35-49(36-33-44)69-60-25-13-10-22-50(60)51-23-11-14-26-61(51)69/h1-41H. The zero-order chi connectivity index (χ0) is 46.1. The van der Waals surface area contributed by atoms with Gasteiger partial charge in [-0.25, -0.2) is 15.0 Å². The van der Waals surface area contributed by atoms with Gasteiger partial charge in [0.25, 0.3) is 0 Å². The van der Waals surface area contributed by atoms with Gasteiger partial charge < -0.3 is 9.13 Å². The van der Waals surface area contributed by atoms with Crippen molar-refractivity contribution in [1.82, 2.24) is 24.1 Å². The molecule has 0 aliphatic heterocycles. The van der Waals surface area contributed by atoms with Gasteiger partial charge in [-0.15, -0.1) is 0 Å². The minimum Gasteiger partial charge on any atom is -0.309 e. The Morgan fingerprint density at radius 3 is 1.33 bits per heavy atom. The highest BCUT2D eigenvalue weighted by Gasteiger charge is 2.19. The van der Waals surface area contributed by atoms with Crippen LogP contribution in [-0.4, -0.2) is 24.1 Å². The quantitative estimate of drug-likeness (QED) is 0.150. The summed E-state index contributed by atoms with van der Waals surface area (Å²) in [4.78, 5) is 15.7. The fraction of sp³-hybridized carbons (Fsp3) is 0. The number of pyridine rings is 1. The fourth-order valence-electron chi connectivity index (χ4n) is 10.6. The van der Waals surface area contributed by atoms with Crippen LogP contribution < -0.4 is 0 Å². The smallest absolute Gasteiger partial charge is 0.160 e. The van der Waals surface area contributed by atoms with Gasteiger partial charge in [0.05, 0.1) is 44.7 Å². The maximum atomic E-state index is 5.40. The van der Waals surface area contributed by atoms with E-state index in [0.717, 1.165) is 78.1 Å². The third kappa shape index (κ3) is 6.51. The normalized spacial score (nSPS) is 11.7. The van der Waals surface area contributed by atoms with E-state index in [-0.39, 0.29) is 0 Å². The molecule has 0 spiro atoms. The number of hydrogen-bond acceptors (Lipinski definition) is 3. The molecule has 0 aliphatic carbocycles. The molecule has 4 heterocycles. The summed E-state index contributed by atoms with van der Waals surface area (Å²) >= 11 is 0. The van der Waals surface area contributed by atoms with E-state index in [0.29, 0.717) is 5.82 Å². The first kappa shape index (κ1) is 39.7. The number of nitrogens with zero attached hydrogens (tertiary/aromatic N) is 5. The Bertz CT molecular complexity index is 4250. The molecule has 10 aromatic carbocycles. The van der Waals surface area contributed by atoms with Crippen molar-refractivity contribution in [2.24, 2.45) is 0 Å². The molecule has 0 saturated heterocycles. The lowest BCUT2D eigenvalue weighted by Gasteiger charge is -2.14. The highest BCUT2D eigenvalue weighted by Crippen LogP contribution is 2.41. The molecule has 0 fully saturated rings. The summed E-state index contributed by atoms with van der Waals surface area (Å²) in [6.45, 7) is 0. The number of hydrogen-bond donors (Lipinski definition) is 0. The molecular weight excluding hydrogens is 851 g/mol. The lowest BCUT2D eigenvalue weighted by atomic mass is 9.95. The molecule has 0 atom stereocenters. The second-order valence-corrected chi connectivity index (χ2v) is 18.0.